The molecule has 0 aromatic heterocycles. The second kappa shape index (κ2) is 14.1. The molecule has 4 aromatic carbocycles. The van der Waals surface area contributed by atoms with Crippen LogP contribution in [-0.2, 0) is 33.5 Å². The molecule has 0 spiro atoms. The number of hydrogen-bond acceptors (Lipinski definition) is 4. The summed E-state index contributed by atoms with van der Waals surface area (Å²) in [6.45, 7) is 5.14. The fraction of sp³-hybridized carbons (Fsp3) is 0.270. The average molecular weight is 563 g/mol. The SMILES string of the molecule is CCOC(Cc1ccc(OCCOC2c3ccc(CC)cc3C=Cc3cc(Cc4ccccc4)ccc32)cc1)C(=O)O. The predicted octanol–water partition coefficient (Wildman–Crippen LogP) is 7.54. The Morgan fingerprint density at radius 2 is 1.40 bits per heavy atom. The standard InChI is InChI=1S/C37H38O5/c1-3-26-12-18-33-30(23-26)14-15-31-24-29(22-27-8-6-5-7-9-27)13-19-34(31)36(33)42-21-20-41-32-16-10-28(11-17-32)25-35(37(38)39)40-4-2/h5-19,23-24,35-36H,3-4,20-22,25H2,1-2H3,(H,38,39). The minimum atomic E-state index is -0.954. The van der Waals surface area contributed by atoms with Gasteiger partial charge in [-0.25, -0.2) is 4.79 Å². The molecule has 0 amide bonds. The van der Waals surface area contributed by atoms with Gasteiger partial charge in [0, 0.05) is 13.0 Å². The first-order valence-electron chi connectivity index (χ1n) is 14.7. The third kappa shape index (κ3) is 7.35. The van der Waals surface area contributed by atoms with Crippen molar-refractivity contribution < 1.29 is 24.1 Å². The maximum atomic E-state index is 11.4. The van der Waals surface area contributed by atoms with Crippen molar-refractivity contribution in [1.29, 1.82) is 0 Å². The van der Waals surface area contributed by atoms with Crippen molar-refractivity contribution in [2.45, 2.75) is 45.3 Å². The molecule has 42 heavy (non-hydrogen) atoms. The Labute approximate surface area is 248 Å². The minimum Gasteiger partial charge on any atom is -0.491 e. The van der Waals surface area contributed by atoms with Crippen LogP contribution in [0.1, 0.15) is 64.5 Å². The summed E-state index contributed by atoms with van der Waals surface area (Å²) in [5.41, 5.74) is 9.41. The maximum Gasteiger partial charge on any atom is 0.333 e. The summed E-state index contributed by atoms with van der Waals surface area (Å²) < 4.78 is 17.9. The smallest absolute Gasteiger partial charge is 0.333 e. The molecule has 0 saturated heterocycles. The van der Waals surface area contributed by atoms with Crippen molar-refractivity contribution in [3.63, 3.8) is 0 Å². The van der Waals surface area contributed by atoms with Gasteiger partial charge in [0.1, 0.15) is 18.5 Å². The lowest BCUT2D eigenvalue weighted by Crippen LogP contribution is -2.26. The molecule has 5 heteroatoms. The molecule has 1 N–H and O–H groups in total. The van der Waals surface area contributed by atoms with Gasteiger partial charge in [-0.2, -0.15) is 0 Å². The number of aryl methyl sites for hydroxylation is 1. The molecule has 4 aromatic rings. The summed E-state index contributed by atoms with van der Waals surface area (Å²) in [4.78, 5) is 11.4. The normalized spacial score (nSPS) is 14.5. The van der Waals surface area contributed by atoms with Crippen molar-refractivity contribution in [1.82, 2.24) is 0 Å². The van der Waals surface area contributed by atoms with Crippen LogP contribution < -0.4 is 4.74 Å². The zero-order valence-electron chi connectivity index (χ0n) is 24.3. The van der Waals surface area contributed by atoms with Crippen LogP contribution in [0, 0.1) is 0 Å². The van der Waals surface area contributed by atoms with Gasteiger partial charge in [-0.1, -0.05) is 97.9 Å². The van der Waals surface area contributed by atoms with Gasteiger partial charge < -0.3 is 19.3 Å². The lowest BCUT2D eigenvalue weighted by molar-refractivity contribution is -0.149. The molecular formula is C37H38O5. The summed E-state index contributed by atoms with van der Waals surface area (Å²) in [5.74, 6) is -0.239. The van der Waals surface area contributed by atoms with E-state index in [4.69, 9.17) is 14.2 Å². The Morgan fingerprint density at radius 3 is 2.05 bits per heavy atom. The summed E-state index contributed by atoms with van der Waals surface area (Å²) in [7, 11) is 0. The number of benzene rings is 4. The van der Waals surface area contributed by atoms with Crippen LogP contribution in [0.2, 0.25) is 0 Å². The largest absolute Gasteiger partial charge is 0.491 e. The van der Waals surface area contributed by atoms with E-state index < -0.39 is 12.1 Å². The number of rotatable bonds is 13. The van der Waals surface area contributed by atoms with Crippen LogP contribution in [0.5, 0.6) is 5.75 Å². The number of hydrogen-bond donors (Lipinski definition) is 1. The van der Waals surface area contributed by atoms with Gasteiger partial charge in [0.2, 0.25) is 0 Å². The van der Waals surface area contributed by atoms with E-state index in [0.717, 1.165) is 29.5 Å². The molecule has 2 unspecified atom stereocenters. The highest BCUT2D eigenvalue weighted by Crippen LogP contribution is 2.36. The van der Waals surface area contributed by atoms with E-state index in [9.17, 15) is 9.90 Å². The van der Waals surface area contributed by atoms with Crippen molar-refractivity contribution in [3.05, 3.63) is 136 Å². The number of carboxylic acid groups (broad SMARTS) is 1. The minimum absolute atomic E-state index is 0.209. The lowest BCUT2D eigenvalue weighted by Gasteiger charge is -2.22. The molecule has 0 bridgehead atoms. The van der Waals surface area contributed by atoms with E-state index in [1.165, 1.54) is 27.8 Å². The van der Waals surface area contributed by atoms with Crippen LogP contribution in [-0.4, -0.2) is 37.0 Å². The Balaban J connectivity index is 1.28. The van der Waals surface area contributed by atoms with E-state index in [1.807, 2.05) is 30.3 Å². The quantitative estimate of drug-likeness (QED) is 0.171. The molecular weight excluding hydrogens is 524 g/mol. The molecule has 0 fully saturated rings. The first-order chi connectivity index (χ1) is 20.5. The Bertz CT molecular complexity index is 1510. The Morgan fingerprint density at radius 1 is 0.762 bits per heavy atom. The number of carbonyl (C=O) groups is 1. The molecule has 2 atom stereocenters. The van der Waals surface area contributed by atoms with Crippen LogP contribution in [0.3, 0.4) is 0 Å². The number of fused-ring (bicyclic) bond motifs is 2. The van der Waals surface area contributed by atoms with E-state index in [0.29, 0.717) is 32.0 Å². The number of aliphatic carboxylic acids is 1. The fourth-order valence-electron chi connectivity index (χ4n) is 5.38. The first-order valence-corrected chi connectivity index (χ1v) is 14.7. The molecule has 216 valence electrons. The van der Waals surface area contributed by atoms with E-state index >= 15 is 0 Å². The van der Waals surface area contributed by atoms with Gasteiger partial charge in [-0.3, -0.25) is 0 Å². The van der Waals surface area contributed by atoms with Crippen LogP contribution in [0.25, 0.3) is 12.2 Å². The van der Waals surface area contributed by atoms with Gasteiger partial charge in [0.15, 0.2) is 6.10 Å². The van der Waals surface area contributed by atoms with E-state index in [2.05, 4.69) is 79.7 Å². The predicted molar refractivity (Wildman–Crippen MR) is 167 cm³/mol. The summed E-state index contributed by atoms with van der Waals surface area (Å²) >= 11 is 0. The number of ether oxygens (including phenoxy) is 3. The highest BCUT2D eigenvalue weighted by atomic mass is 16.5. The molecule has 5 nitrogen and oxygen atoms in total. The number of carboxylic acids is 1. The van der Waals surface area contributed by atoms with Gasteiger partial charge in [-0.05, 0) is 76.4 Å². The van der Waals surface area contributed by atoms with Crippen LogP contribution in [0.4, 0.5) is 0 Å². The Hall–Kier alpha value is -4.19. The van der Waals surface area contributed by atoms with Gasteiger partial charge in [-0.15, -0.1) is 0 Å². The van der Waals surface area contributed by atoms with Crippen molar-refractivity contribution in [3.8, 4) is 5.75 Å². The zero-order chi connectivity index (χ0) is 29.3. The van der Waals surface area contributed by atoms with E-state index in [-0.39, 0.29) is 6.10 Å². The monoisotopic (exact) mass is 562 g/mol. The average Bonchev–Trinajstić information content (AvgIpc) is 3.16. The maximum absolute atomic E-state index is 11.4. The lowest BCUT2D eigenvalue weighted by atomic mass is 9.93. The molecule has 1 aliphatic carbocycles. The highest BCUT2D eigenvalue weighted by Gasteiger charge is 2.23. The second-order valence-corrected chi connectivity index (χ2v) is 10.5. The highest BCUT2D eigenvalue weighted by molar-refractivity contribution is 5.77. The van der Waals surface area contributed by atoms with Crippen LogP contribution >= 0.6 is 0 Å². The summed E-state index contributed by atoms with van der Waals surface area (Å²) in [6, 6.07) is 31.4. The summed E-state index contributed by atoms with van der Waals surface area (Å²) in [6.07, 6.45) is 5.54. The molecule has 1 aliphatic rings. The first kappa shape index (κ1) is 29.3. The van der Waals surface area contributed by atoms with Gasteiger partial charge in [0.25, 0.3) is 0 Å². The third-order valence-corrected chi connectivity index (χ3v) is 7.59. The molecule has 0 aliphatic heterocycles. The van der Waals surface area contributed by atoms with Crippen molar-refractivity contribution in [2.75, 3.05) is 19.8 Å². The second-order valence-electron chi connectivity index (χ2n) is 10.5. The molecule has 0 heterocycles. The van der Waals surface area contributed by atoms with Crippen molar-refractivity contribution >= 4 is 18.1 Å². The third-order valence-electron chi connectivity index (χ3n) is 7.59. The zero-order valence-corrected chi connectivity index (χ0v) is 24.3. The van der Waals surface area contributed by atoms with Gasteiger partial charge in [0.05, 0.1) is 6.61 Å². The molecule has 0 saturated carbocycles. The Kier molecular flexibility index (Phi) is 9.86. The topological polar surface area (TPSA) is 65.0 Å². The molecule has 5 rings (SSSR count). The van der Waals surface area contributed by atoms with E-state index in [1.54, 1.807) is 6.92 Å². The van der Waals surface area contributed by atoms with Crippen molar-refractivity contribution in [2.24, 2.45) is 0 Å². The molecule has 0 radical (unpaired) electrons. The van der Waals surface area contributed by atoms with Crippen LogP contribution in [0.15, 0.2) is 91.0 Å². The fourth-order valence-corrected chi connectivity index (χ4v) is 5.38. The van der Waals surface area contributed by atoms with Gasteiger partial charge >= 0.3 is 5.97 Å². The summed E-state index contributed by atoms with van der Waals surface area (Å²) in [5, 5.41) is 9.34.